The van der Waals surface area contributed by atoms with Crippen LogP contribution in [0.25, 0.3) is 0 Å². The van der Waals surface area contributed by atoms with E-state index in [0.29, 0.717) is 24.8 Å². The van der Waals surface area contributed by atoms with Gasteiger partial charge in [-0.3, -0.25) is 9.69 Å². The van der Waals surface area contributed by atoms with Gasteiger partial charge in [-0.1, -0.05) is 6.07 Å². The molecule has 170 valence electrons. The number of ether oxygens (including phenoxy) is 2. The number of rotatable bonds is 4. The molecule has 2 spiro atoms. The maximum atomic E-state index is 13.9. The molecule has 2 aliphatic carbocycles. The number of amides is 1. The van der Waals surface area contributed by atoms with E-state index in [1.165, 1.54) is 11.0 Å². The van der Waals surface area contributed by atoms with Crippen molar-refractivity contribution in [3.8, 4) is 5.75 Å². The number of hydrogen-bond donors (Lipinski definition) is 1. The minimum atomic E-state index is -4.45. The van der Waals surface area contributed by atoms with Crippen molar-refractivity contribution in [3.05, 3.63) is 29.3 Å². The van der Waals surface area contributed by atoms with Crippen molar-refractivity contribution in [2.45, 2.75) is 69.8 Å². The largest absolute Gasteiger partial charge is 0.484 e. The fraction of sp³-hybridized carbons (Fsp3) is 0.636. The fourth-order valence-corrected chi connectivity index (χ4v) is 5.57. The summed E-state index contributed by atoms with van der Waals surface area (Å²) in [5, 5.41) is 0. The Kier molecular flexibility index (Phi) is 5.23. The number of methoxy groups -OCH3 is 1. The number of halogens is 3. The number of aliphatic imine (C=N–C) groups is 1. The summed E-state index contributed by atoms with van der Waals surface area (Å²) in [5.74, 6) is 0.0212. The fourth-order valence-electron chi connectivity index (χ4n) is 5.57. The number of carbonyl (C=O) groups excluding carboxylic acids is 1. The lowest BCUT2D eigenvalue weighted by molar-refractivity contribution is -0.153. The van der Waals surface area contributed by atoms with Crippen molar-refractivity contribution in [2.24, 2.45) is 16.1 Å². The van der Waals surface area contributed by atoms with Crippen molar-refractivity contribution in [1.82, 2.24) is 4.90 Å². The number of nitrogens with zero attached hydrogens (tertiary/aromatic N) is 2. The van der Waals surface area contributed by atoms with Gasteiger partial charge in [0.05, 0.1) is 6.10 Å². The van der Waals surface area contributed by atoms with E-state index < -0.39 is 23.7 Å². The van der Waals surface area contributed by atoms with Gasteiger partial charge in [0, 0.05) is 18.6 Å². The monoisotopic (exact) mass is 439 g/mol. The Morgan fingerprint density at radius 3 is 2.52 bits per heavy atom. The Bertz CT molecular complexity index is 907. The molecule has 1 heterocycles. The molecule has 1 atom stereocenters. The van der Waals surface area contributed by atoms with Gasteiger partial charge in [0.1, 0.15) is 5.75 Å². The smallest absolute Gasteiger partial charge is 0.422 e. The van der Waals surface area contributed by atoms with Crippen molar-refractivity contribution in [2.75, 3.05) is 13.7 Å². The first kappa shape index (κ1) is 21.9. The number of benzene rings is 1. The van der Waals surface area contributed by atoms with Crippen LogP contribution in [0, 0.1) is 5.41 Å². The quantitative estimate of drug-likeness (QED) is 0.779. The molecule has 0 aromatic heterocycles. The molecule has 1 aromatic rings. The van der Waals surface area contributed by atoms with Gasteiger partial charge in [0.25, 0.3) is 5.91 Å². The maximum absolute atomic E-state index is 13.9. The van der Waals surface area contributed by atoms with Gasteiger partial charge in [-0.25, -0.2) is 4.99 Å². The lowest BCUT2D eigenvalue weighted by atomic mass is 9.61. The summed E-state index contributed by atoms with van der Waals surface area (Å²) < 4.78 is 48.6. The first-order valence-electron chi connectivity index (χ1n) is 10.6. The van der Waals surface area contributed by atoms with Crippen LogP contribution in [-0.4, -0.2) is 48.8 Å². The van der Waals surface area contributed by atoms with Crippen LogP contribution in [-0.2, 0) is 21.5 Å². The van der Waals surface area contributed by atoms with Crippen LogP contribution in [0.3, 0.4) is 0 Å². The Balaban J connectivity index is 1.80. The third-order valence-corrected chi connectivity index (χ3v) is 6.97. The molecule has 31 heavy (non-hydrogen) atoms. The van der Waals surface area contributed by atoms with E-state index in [9.17, 15) is 18.0 Å². The summed E-state index contributed by atoms with van der Waals surface area (Å²) in [5.41, 5.74) is 6.02. The van der Waals surface area contributed by atoms with E-state index in [-0.39, 0.29) is 29.8 Å². The summed E-state index contributed by atoms with van der Waals surface area (Å²) in [6.45, 7) is 2.34. The Morgan fingerprint density at radius 2 is 1.97 bits per heavy atom. The van der Waals surface area contributed by atoms with Crippen LogP contribution in [0.1, 0.15) is 50.7 Å². The topological polar surface area (TPSA) is 77.2 Å². The maximum Gasteiger partial charge on any atom is 0.422 e. The van der Waals surface area contributed by atoms with Gasteiger partial charge in [-0.05, 0) is 69.2 Å². The van der Waals surface area contributed by atoms with Crippen LogP contribution < -0.4 is 10.5 Å². The molecule has 3 aliphatic rings. The average Bonchev–Trinajstić information content (AvgIpc) is 3.12. The molecule has 1 amide bonds. The first-order chi connectivity index (χ1) is 14.5. The molecule has 2 N–H and O–H groups in total. The minimum Gasteiger partial charge on any atom is -0.484 e. The summed E-state index contributed by atoms with van der Waals surface area (Å²) >= 11 is 0. The zero-order chi connectivity index (χ0) is 22.6. The van der Waals surface area contributed by atoms with Crippen LogP contribution >= 0.6 is 0 Å². The molecule has 1 unspecified atom stereocenters. The zero-order valence-electron chi connectivity index (χ0n) is 18.0. The number of hydrogen-bond acceptors (Lipinski definition) is 5. The van der Waals surface area contributed by atoms with Crippen LogP contribution in [0.2, 0.25) is 0 Å². The van der Waals surface area contributed by atoms with E-state index >= 15 is 0 Å². The lowest BCUT2D eigenvalue weighted by Gasteiger charge is -2.45. The highest BCUT2D eigenvalue weighted by Gasteiger charge is 2.67. The van der Waals surface area contributed by atoms with E-state index in [1.54, 1.807) is 19.2 Å². The molecule has 1 saturated carbocycles. The second-order valence-corrected chi connectivity index (χ2v) is 9.06. The first-order valence-corrected chi connectivity index (χ1v) is 10.6. The molecule has 4 rings (SSSR count). The van der Waals surface area contributed by atoms with Crippen molar-refractivity contribution < 1.29 is 27.4 Å². The van der Waals surface area contributed by atoms with Gasteiger partial charge >= 0.3 is 6.18 Å². The number of guanidine groups is 1. The normalized spacial score (nSPS) is 30.4. The van der Waals surface area contributed by atoms with Gasteiger partial charge in [0.2, 0.25) is 0 Å². The molecule has 9 heteroatoms. The zero-order valence-corrected chi connectivity index (χ0v) is 18.0. The average molecular weight is 439 g/mol. The van der Waals surface area contributed by atoms with Crippen molar-refractivity contribution in [3.63, 3.8) is 0 Å². The van der Waals surface area contributed by atoms with Crippen LogP contribution in [0.5, 0.6) is 5.75 Å². The second-order valence-electron chi connectivity index (χ2n) is 9.06. The molecule has 6 nitrogen and oxygen atoms in total. The lowest BCUT2D eigenvalue weighted by Crippen LogP contribution is -2.53. The highest BCUT2D eigenvalue weighted by atomic mass is 19.4. The van der Waals surface area contributed by atoms with Gasteiger partial charge < -0.3 is 15.2 Å². The molecular weight excluding hydrogens is 411 g/mol. The van der Waals surface area contributed by atoms with Gasteiger partial charge in [0.15, 0.2) is 18.1 Å². The summed E-state index contributed by atoms with van der Waals surface area (Å²) in [4.78, 5) is 20.2. The predicted octanol–water partition coefficient (Wildman–Crippen LogP) is 3.52. The van der Waals surface area contributed by atoms with Crippen LogP contribution in [0.4, 0.5) is 13.2 Å². The van der Waals surface area contributed by atoms with E-state index in [1.807, 2.05) is 13.8 Å². The molecule has 0 saturated heterocycles. The van der Waals surface area contributed by atoms with E-state index in [4.69, 9.17) is 20.2 Å². The van der Waals surface area contributed by atoms with Gasteiger partial charge in [-0.15, -0.1) is 0 Å². The SMILES string of the molecule is COC1CCC2(CC1)Cc1ccc(OCC(F)(F)F)cc1C21N=C(N)N(C(C)C)C1=O. The standard InChI is InChI=1S/C22H28F3N3O3/c1-13(2)28-18(29)22(27-19(28)26)17-10-16(31-12-21(23,24)25)5-4-14(17)11-20(22)8-6-15(30-3)7-9-20/h4-5,10,13,15H,6-9,11-12H2,1-3H3,(H2,26,27). The summed E-state index contributed by atoms with van der Waals surface area (Å²) in [6, 6.07) is 4.66. The predicted molar refractivity (Wildman–Crippen MR) is 109 cm³/mol. The Hall–Kier alpha value is -2.29. The second kappa shape index (κ2) is 7.39. The highest BCUT2D eigenvalue weighted by molar-refractivity contribution is 6.08. The summed E-state index contributed by atoms with van der Waals surface area (Å²) in [6.07, 6.45) is -0.706. The third-order valence-electron chi connectivity index (χ3n) is 6.97. The molecule has 1 fully saturated rings. The van der Waals surface area contributed by atoms with Crippen LogP contribution in [0.15, 0.2) is 23.2 Å². The number of nitrogens with two attached hydrogens (primary N) is 1. The number of carbonyl (C=O) groups is 1. The molecular formula is C22H28F3N3O3. The van der Waals surface area contributed by atoms with Gasteiger partial charge in [-0.2, -0.15) is 13.2 Å². The van der Waals surface area contributed by atoms with E-state index in [2.05, 4.69) is 0 Å². The number of alkyl halides is 3. The van der Waals surface area contributed by atoms with Crippen molar-refractivity contribution >= 4 is 11.9 Å². The Labute approximate surface area is 179 Å². The Morgan fingerprint density at radius 1 is 1.29 bits per heavy atom. The van der Waals surface area contributed by atoms with E-state index in [0.717, 1.165) is 18.4 Å². The molecule has 1 aliphatic heterocycles. The highest BCUT2D eigenvalue weighted by Crippen LogP contribution is 2.62. The molecule has 0 bridgehead atoms. The van der Waals surface area contributed by atoms with Crippen molar-refractivity contribution in [1.29, 1.82) is 0 Å². The third kappa shape index (κ3) is 3.37. The molecule has 0 radical (unpaired) electrons. The molecule has 1 aromatic carbocycles. The number of fused-ring (bicyclic) bond motifs is 3. The summed E-state index contributed by atoms with van der Waals surface area (Å²) in [7, 11) is 1.68. The minimum absolute atomic E-state index is 0.0719.